The van der Waals surface area contributed by atoms with E-state index < -0.39 is 20.4 Å². The third-order valence-corrected chi connectivity index (χ3v) is 3.66. The molecule has 1 aromatic rings. The van der Waals surface area contributed by atoms with Gasteiger partial charge >= 0.3 is 0 Å². The fraction of sp³-hybridized carbons (Fsp3) is 0.455. The second-order valence-electron chi connectivity index (χ2n) is 4.27. The number of nitro benzene ring substituents is 1. The van der Waals surface area contributed by atoms with Gasteiger partial charge in [-0.3, -0.25) is 10.1 Å². The Morgan fingerprint density at radius 2 is 2.11 bits per heavy atom. The molecule has 0 aliphatic rings. The molecule has 0 spiro atoms. The number of nitrogens with zero attached hydrogens (tertiary/aromatic N) is 1. The number of anilines is 1. The van der Waals surface area contributed by atoms with Crippen molar-refractivity contribution in [2.45, 2.75) is 24.3 Å². The van der Waals surface area contributed by atoms with Crippen molar-refractivity contribution in [1.29, 1.82) is 0 Å². The molecule has 0 bridgehead atoms. The van der Waals surface area contributed by atoms with Crippen molar-refractivity contribution in [2.24, 2.45) is 0 Å². The van der Waals surface area contributed by atoms with E-state index in [4.69, 9.17) is 5.11 Å². The van der Waals surface area contributed by atoms with Crippen molar-refractivity contribution in [3.63, 3.8) is 0 Å². The van der Waals surface area contributed by atoms with Gasteiger partial charge in [0.1, 0.15) is 4.90 Å². The van der Waals surface area contributed by atoms with Gasteiger partial charge in [0.25, 0.3) is 5.69 Å². The Balaban J connectivity index is 3.16. The van der Waals surface area contributed by atoms with Crippen LogP contribution in [0.25, 0.3) is 0 Å². The maximum absolute atomic E-state index is 11.5. The molecule has 106 valence electrons. The lowest BCUT2D eigenvalue weighted by Crippen LogP contribution is -2.17. The van der Waals surface area contributed by atoms with Gasteiger partial charge in [-0.2, -0.15) is 0 Å². The molecular weight excluding hydrogens is 272 g/mol. The normalized spacial score (nSPS) is 13.0. The van der Waals surface area contributed by atoms with Crippen LogP contribution in [-0.2, 0) is 9.84 Å². The molecule has 1 rings (SSSR count). The van der Waals surface area contributed by atoms with Crippen LogP contribution in [0.3, 0.4) is 0 Å². The molecule has 1 unspecified atom stereocenters. The van der Waals surface area contributed by atoms with E-state index in [0.29, 0.717) is 12.1 Å². The standard InChI is InChI=1S/C11H16N2O5S/c1-8(5-6-14)12-9-3-4-10(13(15)16)11(7-9)19(2,17)18/h3-4,7-8,12,14H,5-6H2,1-2H3. The first-order chi connectivity index (χ1) is 8.75. The van der Waals surface area contributed by atoms with Crippen molar-refractivity contribution < 1.29 is 18.4 Å². The van der Waals surface area contributed by atoms with E-state index in [0.717, 1.165) is 12.3 Å². The Morgan fingerprint density at radius 3 is 2.58 bits per heavy atom. The van der Waals surface area contributed by atoms with Gasteiger partial charge in [-0.25, -0.2) is 8.42 Å². The second kappa shape index (κ2) is 5.98. The van der Waals surface area contributed by atoms with Gasteiger partial charge in [0.15, 0.2) is 9.84 Å². The molecule has 0 saturated heterocycles. The first-order valence-electron chi connectivity index (χ1n) is 5.61. The van der Waals surface area contributed by atoms with Gasteiger partial charge in [-0.05, 0) is 25.5 Å². The van der Waals surface area contributed by atoms with Gasteiger partial charge in [0.05, 0.1) is 4.92 Å². The summed E-state index contributed by atoms with van der Waals surface area (Å²) in [6, 6.07) is 3.77. The largest absolute Gasteiger partial charge is 0.396 e. The number of aliphatic hydroxyl groups is 1. The average molecular weight is 288 g/mol. The van der Waals surface area contributed by atoms with E-state index in [2.05, 4.69) is 5.32 Å². The van der Waals surface area contributed by atoms with Crippen LogP contribution in [-0.4, -0.2) is 37.4 Å². The van der Waals surface area contributed by atoms with E-state index in [1.54, 1.807) is 0 Å². The molecule has 0 aliphatic heterocycles. The van der Waals surface area contributed by atoms with Crippen LogP contribution in [0, 0.1) is 10.1 Å². The highest BCUT2D eigenvalue weighted by atomic mass is 32.2. The zero-order valence-electron chi connectivity index (χ0n) is 10.7. The smallest absolute Gasteiger partial charge is 0.288 e. The summed E-state index contributed by atoms with van der Waals surface area (Å²) < 4.78 is 23.1. The quantitative estimate of drug-likeness (QED) is 0.601. The molecule has 0 aromatic heterocycles. The number of rotatable bonds is 6. The summed E-state index contributed by atoms with van der Waals surface area (Å²) in [5, 5.41) is 22.6. The summed E-state index contributed by atoms with van der Waals surface area (Å²) >= 11 is 0. The molecule has 0 saturated carbocycles. The summed E-state index contributed by atoms with van der Waals surface area (Å²) in [6.07, 6.45) is 1.42. The van der Waals surface area contributed by atoms with E-state index in [1.165, 1.54) is 12.1 Å². The highest BCUT2D eigenvalue weighted by molar-refractivity contribution is 7.90. The molecule has 8 heteroatoms. The van der Waals surface area contributed by atoms with Crippen LogP contribution in [0.5, 0.6) is 0 Å². The molecule has 1 aromatic carbocycles. The summed E-state index contributed by atoms with van der Waals surface area (Å²) in [6.45, 7) is 1.82. The first kappa shape index (κ1) is 15.4. The molecular formula is C11H16N2O5S. The number of sulfone groups is 1. The summed E-state index contributed by atoms with van der Waals surface area (Å²) in [7, 11) is -3.68. The Morgan fingerprint density at radius 1 is 1.47 bits per heavy atom. The number of aliphatic hydroxyl groups excluding tert-OH is 1. The maximum Gasteiger partial charge on any atom is 0.288 e. The second-order valence-corrected chi connectivity index (χ2v) is 6.25. The lowest BCUT2D eigenvalue weighted by Gasteiger charge is -2.14. The van der Waals surface area contributed by atoms with Gasteiger partial charge in [0, 0.05) is 30.7 Å². The number of nitrogens with one attached hydrogen (secondary N) is 1. The minimum Gasteiger partial charge on any atom is -0.396 e. The fourth-order valence-corrected chi connectivity index (χ4v) is 2.47. The predicted molar refractivity (Wildman–Crippen MR) is 71.0 cm³/mol. The van der Waals surface area contributed by atoms with E-state index >= 15 is 0 Å². The van der Waals surface area contributed by atoms with Crippen LogP contribution in [0.15, 0.2) is 23.1 Å². The lowest BCUT2D eigenvalue weighted by molar-refractivity contribution is -0.387. The Kier molecular flexibility index (Phi) is 4.84. The molecule has 2 N–H and O–H groups in total. The van der Waals surface area contributed by atoms with E-state index in [-0.39, 0.29) is 17.5 Å². The van der Waals surface area contributed by atoms with Crippen molar-refractivity contribution in [3.05, 3.63) is 28.3 Å². The summed E-state index contributed by atoms with van der Waals surface area (Å²) in [5.74, 6) is 0. The first-order valence-corrected chi connectivity index (χ1v) is 7.50. The Labute approximate surface area is 111 Å². The van der Waals surface area contributed by atoms with Gasteiger partial charge in [-0.15, -0.1) is 0 Å². The molecule has 0 radical (unpaired) electrons. The minimum atomic E-state index is -3.68. The van der Waals surface area contributed by atoms with Crippen molar-refractivity contribution in [2.75, 3.05) is 18.2 Å². The minimum absolute atomic E-state index is 0.0000809. The lowest BCUT2D eigenvalue weighted by atomic mass is 10.2. The SMILES string of the molecule is CC(CCO)Nc1ccc([N+](=O)[O-])c(S(C)(=O)=O)c1. The van der Waals surface area contributed by atoms with Gasteiger partial charge in [-0.1, -0.05) is 0 Å². The van der Waals surface area contributed by atoms with E-state index in [1.807, 2.05) is 6.92 Å². The van der Waals surface area contributed by atoms with Crippen LogP contribution in [0.4, 0.5) is 11.4 Å². The number of hydrogen-bond acceptors (Lipinski definition) is 6. The topological polar surface area (TPSA) is 110 Å². The molecule has 0 fully saturated rings. The summed E-state index contributed by atoms with van der Waals surface area (Å²) in [5.41, 5.74) is 0.0230. The molecule has 1 atom stereocenters. The van der Waals surface area contributed by atoms with Gasteiger partial charge in [0.2, 0.25) is 0 Å². The van der Waals surface area contributed by atoms with Crippen LogP contribution < -0.4 is 5.32 Å². The van der Waals surface area contributed by atoms with Crippen molar-refractivity contribution >= 4 is 21.2 Å². The molecule has 0 aliphatic carbocycles. The van der Waals surface area contributed by atoms with Crippen LogP contribution >= 0.6 is 0 Å². The molecule has 0 heterocycles. The van der Waals surface area contributed by atoms with Gasteiger partial charge < -0.3 is 10.4 Å². The number of benzene rings is 1. The molecule has 0 amide bonds. The highest BCUT2D eigenvalue weighted by Gasteiger charge is 2.22. The third-order valence-electron chi connectivity index (χ3n) is 2.53. The van der Waals surface area contributed by atoms with E-state index in [9.17, 15) is 18.5 Å². The zero-order valence-corrected chi connectivity index (χ0v) is 11.5. The summed E-state index contributed by atoms with van der Waals surface area (Å²) in [4.78, 5) is 9.75. The average Bonchev–Trinajstić information content (AvgIpc) is 2.27. The third kappa shape index (κ3) is 4.18. The predicted octanol–water partition coefficient (Wildman–Crippen LogP) is 1.18. The number of nitro groups is 1. The van der Waals surface area contributed by atoms with Crippen molar-refractivity contribution in [1.82, 2.24) is 0 Å². The maximum atomic E-state index is 11.5. The highest BCUT2D eigenvalue weighted by Crippen LogP contribution is 2.27. The Hall–Kier alpha value is -1.67. The zero-order chi connectivity index (χ0) is 14.6. The Bertz CT molecular complexity index is 570. The number of hydrogen-bond donors (Lipinski definition) is 2. The van der Waals surface area contributed by atoms with Crippen LogP contribution in [0.1, 0.15) is 13.3 Å². The molecule has 7 nitrogen and oxygen atoms in total. The monoisotopic (exact) mass is 288 g/mol. The van der Waals surface area contributed by atoms with Crippen molar-refractivity contribution in [3.8, 4) is 0 Å². The fourth-order valence-electron chi connectivity index (χ4n) is 1.60. The van der Waals surface area contributed by atoms with Crippen LogP contribution in [0.2, 0.25) is 0 Å². The molecule has 19 heavy (non-hydrogen) atoms.